The van der Waals surface area contributed by atoms with E-state index in [-0.39, 0.29) is 5.88 Å². The number of aromatic nitrogens is 2. The molecule has 2 aromatic rings. The largest absolute Gasteiger partial charge is 0.384 e. The van der Waals surface area contributed by atoms with Crippen molar-refractivity contribution in [2.24, 2.45) is 0 Å². The van der Waals surface area contributed by atoms with Gasteiger partial charge in [0.05, 0.1) is 16.9 Å². The van der Waals surface area contributed by atoms with Crippen molar-refractivity contribution in [3.63, 3.8) is 0 Å². The zero-order valence-electron chi connectivity index (χ0n) is 6.87. The molecule has 0 aliphatic heterocycles. The van der Waals surface area contributed by atoms with Gasteiger partial charge in [-0.2, -0.15) is 0 Å². The summed E-state index contributed by atoms with van der Waals surface area (Å²) in [5.41, 5.74) is 1.77. The lowest BCUT2D eigenvalue weighted by atomic mass is 10.3. The van der Waals surface area contributed by atoms with E-state index >= 15 is 0 Å². The fourth-order valence-electron chi connectivity index (χ4n) is 1.20. The van der Waals surface area contributed by atoms with Crippen LogP contribution in [0.25, 0.3) is 11.0 Å². The highest BCUT2D eigenvalue weighted by Gasteiger charge is 2.10. The van der Waals surface area contributed by atoms with E-state index in [1.165, 1.54) is 0 Å². The van der Waals surface area contributed by atoms with Gasteiger partial charge >= 0.3 is 0 Å². The maximum Gasteiger partial charge on any atom is 0.137 e. The second kappa shape index (κ2) is 3.36. The number of alkyl halides is 1. The van der Waals surface area contributed by atoms with Crippen LogP contribution in [0.15, 0.2) is 24.3 Å². The SMILES string of the molecule is O[C@H](CCl)c1nc2ccccc2[nH]1. The molecule has 1 atom stereocenters. The smallest absolute Gasteiger partial charge is 0.137 e. The third-order valence-electron chi connectivity index (χ3n) is 1.87. The van der Waals surface area contributed by atoms with Crippen LogP contribution in [0.3, 0.4) is 0 Å². The molecule has 0 aliphatic rings. The summed E-state index contributed by atoms with van der Waals surface area (Å²) in [6.45, 7) is 0. The molecule has 0 amide bonds. The molecule has 68 valence electrons. The fourth-order valence-corrected chi connectivity index (χ4v) is 1.35. The third kappa shape index (κ3) is 1.53. The van der Waals surface area contributed by atoms with Gasteiger partial charge in [-0.25, -0.2) is 4.98 Å². The molecular formula is C9H9ClN2O. The van der Waals surface area contributed by atoms with Gasteiger partial charge in [0.1, 0.15) is 11.9 Å². The first-order chi connectivity index (χ1) is 6.31. The van der Waals surface area contributed by atoms with Crippen molar-refractivity contribution in [2.45, 2.75) is 6.10 Å². The zero-order chi connectivity index (χ0) is 9.26. The normalized spacial score (nSPS) is 13.4. The highest BCUT2D eigenvalue weighted by molar-refractivity contribution is 6.18. The summed E-state index contributed by atoms with van der Waals surface area (Å²) in [4.78, 5) is 7.19. The van der Waals surface area contributed by atoms with Gasteiger partial charge in [0, 0.05) is 0 Å². The number of imidazole rings is 1. The van der Waals surface area contributed by atoms with E-state index in [1.807, 2.05) is 24.3 Å². The minimum absolute atomic E-state index is 0.153. The van der Waals surface area contributed by atoms with Gasteiger partial charge in [0.25, 0.3) is 0 Å². The van der Waals surface area contributed by atoms with Crippen molar-refractivity contribution in [3.8, 4) is 0 Å². The number of aliphatic hydroxyl groups is 1. The summed E-state index contributed by atoms with van der Waals surface area (Å²) >= 11 is 5.50. The fraction of sp³-hybridized carbons (Fsp3) is 0.222. The molecule has 1 heterocycles. The first-order valence-corrected chi connectivity index (χ1v) is 4.53. The Balaban J connectivity index is 2.49. The molecule has 3 nitrogen and oxygen atoms in total. The molecule has 2 rings (SSSR count). The number of H-pyrrole nitrogens is 1. The number of hydrogen-bond donors (Lipinski definition) is 2. The van der Waals surface area contributed by atoms with Gasteiger partial charge < -0.3 is 10.1 Å². The van der Waals surface area contributed by atoms with Gasteiger partial charge in [0.15, 0.2) is 0 Å². The summed E-state index contributed by atoms with van der Waals surface area (Å²) in [6, 6.07) is 7.61. The van der Waals surface area contributed by atoms with Crippen LogP contribution in [0.1, 0.15) is 11.9 Å². The topological polar surface area (TPSA) is 48.9 Å². The summed E-state index contributed by atoms with van der Waals surface area (Å²) in [7, 11) is 0. The van der Waals surface area contributed by atoms with Crippen LogP contribution in [0.2, 0.25) is 0 Å². The lowest BCUT2D eigenvalue weighted by molar-refractivity contribution is 0.194. The van der Waals surface area contributed by atoms with Crippen molar-refractivity contribution in [1.29, 1.82) is 0 Å². The molecule has 1 aromatic heterocycles. The maximum absolute atomic E-state index is 9.40. The number of aromatic amines is 1. The Hall–Kier alpha value is -1.06. The van der Waals surface area contributed by atoms with Crippen LogP contribution in [0.5, 0.6) is 0 Å². The number of aliphatic hydroxyl groups excluding tert-OH is 1. The molecule has 0 fully saturated rings. The van der Waals surface area contributed by atoms with Crippen molar-refractivity contribution in [3.05, 3.63) is 30.1 Å². The number of benzene rings is 1. The zero-order valence-corrected chi connectivity index (χ0v) is 7.62. The van der Waals surface area contributed by atoms with Crippen LogP contribution in [0, 0.1) is 0 Å². The predicted molar refractivity (Wildman–Crippen MR) is 51.8 cm³/mol. The average Bonchev–Trinajstić information content (AvgIpc) is 2.59. The number of hydrogen-bond acceptors (Lipinski definition) is 2. The molecule has 2 N–H and O–H groups in total. The van der Waals surface area contributed by atoms with E-state index in [0.29, 0.717) is 5.82 Å². The first-order valence-electron chi connectivity index (χ1n) is 4.00. The van der Waals surface area contributed by atoms with Crippen LogP contribution in [-0.4, -0.2) is 21.0 Å². The van der Waals surface area contributed by atoms with Crippen LogP contribution in [0.4, 0.5) is 0 Å². The summed E-state index contributed by atoms with van der Waals surface area (Å²) < 4.78 is 0. The Morgan fingerprint density at radius 2 is 2.23 bits per heavy atom. The molecule has 13 heavy (non-hydrogen) atoms. The van der Waals surface area contributed by atoms with E-state index in [2.05, 4.69) is 9.97 Å². The lowest BCUT2D eigenvalue weighted by Crippen LogP contribution is -2.00. The molecule has 0 radical (unpaired) electrons. The predicted octanol–water partition coefficient (Wildman–Crippen LogP) is 1.84. The Morgan fingerprint density at radius 1 is 1.46 bits per heavy atom. The van der Waals surface area contributed by atoms with E-state index in [9.17, 15) is 5.11 Å². The number of rotatable bonds is 2. The summed E-state index contributed by atoms with van der Waals surface area (Å²) in [5, 5.41) is 9.40. The van der Waals surface area contributed by atoms with Gasteiger partial charge in [-0.3, -0.25) is 0 Å². The average molecular weight is 197 g/mol. The monoisotopic (exact) mass is 196 g/mol. The maximum atomic E-state index is 9.40. The van der Waals surface area contributed by atoms with Crippen molar-refractivity contribution in [1.82, 2.24) is 9.97 Å². The van der Waals surface area contributed by atoms with E-state index in [4.69, 9.17) is 11.6 Å². The second-order valence-electron chi connectivity index (χ2n) is 2.81. The highest BCUT2D eigenvalue weighted by atomic mass is 35.5. The van der Waals surface area contributed by atoms with Crippen molar-refractivity contribution in [2.75, 3.05) is 5.88 Å². The minimum atomic E-state index is -0.714. The quantitative estimate of drug-likeness (QED) is 0.720. The number of nitrogens with one attached hydrogen (secondary N) is 1. The van der Waals surface area contributed by atoms with E-state index in [0.717, 1.165) is 11.0 Å². The Bertz CT molecular complexity index is 380. The molecule has 0 aliphatic carbocycles. The van der Waals surface area contributed by atoms with Crippen LogP contribution < -0.4 is 0 Å². The molecule has 0 bridgehead atoms. The van der Waals surface area contributed by atoms with Gasteiger partial charge in [-0.05, 0) is 12.1 Å². The number of halogens is 1. The molecule has 1 aromatic carbocycles. The second-order valence-corrected chi connectivity index (χ2v) is 3.12. The Morgan fingerprint density at radius 3 is 2.92 bits per heavy atom. The summed E-state index contributed by atoms with van der Waals surface area (Å²) in [6.07, 6.45) is -0.714. The van der Waals surface area contributed by atoms with Crippen LogP contribution >= 0.6 is 11.6 Å². The van der Waals surface area contributed by atoms with Crippen molar-refractivity contribution < 1.29 is 5.11 Å². The third-order valence-corrected chi connectivity index (χ3v) is 2.16. The lowest BCUT2D eigenvalue weighted by Gasteiger charge is -1.99. The number of fused-ring (bicyclic) bond motifs is 1. The van der Waals surface area contributed by atoms with Crippen LogP contribution in [-0.2, 0) is 0 Å². The Labute approximate surface area is 80.4 Å². The minimum Gasteiger partial charge on any atom is -0.384 e. The molecule has 0 saturated carbocycles. The molecule has 0 spiro atoms. The Kier molecular flexibility index (Phi) is 2.20. The van der Waals surface area contributed by atoms with Gasteiger partial charge in [-0.1, -0.05) is 12.1 Å². The van der Waals surface area contributed by atoms with Gasteiger partial charge in [0.2, 0.25) is 0 Å². The number of para-hydroxylation sites is 2. The molecule has 0 unspecified atom stereocenters. The van der Waals surface area contributed by atoms with E-state index < -0.39 is 6.10 Å². The highest BCUT2D eigenvalue weighted by Crippen LogP contribution is 2.16. The molecule has 4 heteroatoms. The molecule has 0 saturated heterocycles. The van der Waals surface area contributed by atoms with E-state index in [1.54, 1.807) is 0 Å². The van der Waals surface area contributed by atoms with Gasteiger partial charge in [-0.15, -0.1) is 11.6 Å². The standard InChI is InChI=1S/C9H9ClN2O/c10-5-8(13)9-11-6-3-1-2-4-7(6)12-9/h1-4,8,13H,5H2,(H,11,12)/t8-/m1/s1. The molecular weight excluding hydrogens is 188 g/mol. The first kappa shape index (κ1) is 8.53. The number of nitrogens with zero attached hydrogens (tertiary/aromatic N) is 1. The summed E-state index contributed by atoms with van der Waals surface area (Å²) in [5.74, 6) is 0.677. The van der Waals surface area contributed by atoms with Crippen molar-refractivity contribution >= 4 is 22.6 Å².